The Kier molecular flexibility index (Phi) is 3.06. The lowest BCUT2D eigenvalue weighted by atomic mass is 9.92. The number of rotatable bonds is 2. The van der Waals surface area contributed by atoms with Gasteiger partial charge in [-0.3, -0.25) is 9.78 Å². The predicted molar refractivity (Wildman–Crippen MR) is 66.5 cm³/mol. The minimum atomic E-state index is -2.93. The average Bonchev–Trinajstić information content (AvgIpc) is 2.63. The molecular formula is C11H14N4O5. The fraction of sp³-hybridized carbons (Fsp3) is 0.545. The Hall–Kier alpha value is -1.99. The number of hydrogen-bond acceptors (Lipinski definition) is 7. The molecule has 1 aliphatic rings. The lowest BCUT2D eigenvalue weighted by Gasteiger charge is -2.26. The maximum absolute atomic E-state index is 11.8. The molecule has 0 bridgehead atoms. The molecule has 20 heavy (non-hydrogen) atoms. The Balaban J connectivity index is 2.59. The zero-order valence-corrected chi connectivity index (χ0v) is 10.4. The molecule has 4 atom stereocenters. The van der Waals surface area contributed by atoms with Crippen LogP contribution in [0.1, 0.15) is 15.9 Å². The lowest BCUT2D eigenvalue weighted by Crippen LogP contribution is -2.55. The summed E-state index contributed by atoms with van der Waals surface area (Å²) in [4.78, 5) is 24.8. The van der Waals surface area contributed by atoms with E-state index >= 15 is 0 Å². The quantitative estimate of drug-likeness (QED) is 0.421. The standard InChI is InChI=1S/C11H14N4O5/c1-2-3-11(12)8(18)6(5-16)20-9(11)15-10(19)14-7(17)4-13-15/h4,6,8-9,16,18H,5,12H2,1H3,(H,14,17,19)/t6-,8+,9-,11?/m1/s1/i5D2. The van der Waals surface area contributed by atoms with Crippen LogP contribution in [0.5, 0.6) is 0 Å². The number of hydrogen-bond donors (Lipinski definition) is 4. The van der Waals surface area contributed by atoms with Gasteiger partial charge in [0.05, 0.1) is 9.30 Å². The zero-order valence-electron chi connectivity index (χ0n) is 12.4. The molecule has 0 aromatic carbocycles. The van der Waals surface area contributed by atoms with Crippen molar-refractivity contribution in [3.05, 3.63) is 27.0 Å². The van der Waals surface area contributed by atoms with Crippen molar-refractivity contribution in [2.45, 2.75) is 30.9 Å². The van der Waals surface area contributed by atoms with Gasteiger partial charge in [0.15, 0.2) is 11.8 Å². The van der Waals surface area contributed by atoms with E-state index in [1.165, 1.54) is 6.92 Å². The summed E-state index contributed by atoms with van der Waals surface area (Å²) < 4.78 is 20.4. The van der Waals surface area contributed by atoms with Gasteiger partial charge in [0.2, 0.25) is 0 Å². The van der Waals surface area contributed by atoms with E-state index in [4.69, 9.17) is 13.2 Å². The summed E-state index contributed by atoms with van der Waals surface area (Å²) in [5.41, 5.74) is 2.33. The van der Waals surface area contributed by atoms with Gasteiger partial charge in [-0.1, -0.05) is 5.92 Å². The summed E-state index contributed by atoms with van der Waals surface area (Å²) in [6, 6.07) is 0. The van der Waals surface area contributed by atoms with Crippen molar-refractivity contribution >= 4 is 0 Å². The molecule has 9 heteroatoms. The SMILES string of the molecule is [2H]C([2H])(O)[C@H]1O[C@@H](n2ncc(=O)[nH]c2=O)C(N)(C#CC)[C@H]1O. The average molecular weight is 284 g/mol. The first-order chi connectivity index (χ1) is 10.1. The van der Waals surface area contributed by atoms with E-state index in [-0.39, 0.29) is 0 Å². The number of aromatic nitrogens is 3. The van der Waals surface area contributed by atoms with Crippen molar-refractivity contribution < 1.29 is 17.7 Å². The van der Waals surface area contributed by atoms with Crippen LogP contribution in [0.25, 0.3) is 0 Å². The molecular weight excluding hydrogens is 268 g/mol. The van der Waals surface area contributed by atoms with Crippen LogP contribution in [0, 0.1) is 11.8 Å². The van der Waals surface area contributed by atoms with E-state index in [1.54, 1.807) is 0 Å². The van der Waals surface area contributed by atoms with Crippen molar-refractivity contribution in [3.8, 4) is 11.8 Å². The molecule has 5 N–H and O–H groups in total. The molecule has 0 spiro atoms. The normalized spacial score (nSPS) is 34.9. The van der Waals surface area contributed by atoms with Gasteiger partial charge in [-0.25, -0.2) is 4.79 Å². The Morgan fingerprint density at radius 3 is 3.00 bits per heavy atom. The third-order valence-electron chi connectivity index (χ3n) is 2.89. The third kappa shape index (κ3) is 2.14. The van der Waals surface area contributed by atoms with E-state index in [0.29, 0.717) is 4.68 Å². The van der Waals surface area contributed by atoms with Crippen LogP contribution in [0.15, 0.2) is 15.8 Å². The minimum Gasteiger partial charge on any atom is -0.394 e. The first-order valence-electron chi connectivity index (χ1n) is 6.58. The van der Waals surface area contributed by atoms with E-state index < -0.39 is 41.8 Å². The van der Waals surface area contributed by atoms with Gasteiger partial charge in [0.1, 0.15) is 18.4 Å². The predicted octanol–water partition coefficient (Wildman–Crippen LogP) is -3.10. The first-order valence-corrected chi connectivity index (χ1v) is 5.58. The van der Waals surface area contributed by atoms with Crippen LogP contribution in [0.2, 0.25) is 0 Å². The number of nitrogens with zero attached hydrogens (tertiary/aromatic N) is 2. The smallest absolute Gasteiger partial charge is 0.347 e. The number of aliphatic hydroxyl groups is 2. The van der Waals surface area contributed by atoms with Crippen molar-refractivity contribution in [2.75, 3.05) is 6.56 Å². The molecule has 2 rings (SSSR count). The van der Waals surface area contributed by atoms with E-state index in [1.807, 2.05) is 4.98 Å². The molecule has 1 saturated heterocycles. The highest BCUT2D eigenvalue weighted by Crippen LogP contribution is 2.34. The van der Waals surface area contributed by atoms with Crippen molar-refractivity contribution in [2.24, 2.45) is 5.73 Å². The number of aliphatic hydroxyl groups excluding tert-OH is 1. The largest absolute Gasteiger partial charge is 0.394 e. The molecule has 0 radical (unpaired) electrons. The topological polar surface area (TPSA) is 143 Å². The molecule has 1 aliphatic heterocycles. The van der Waals surface area contributed by atoms with Gasteiger partial charge in [0.25, 0.3) is 5.56 Å². The summed E-state index contributed by atoms with van der Waals surface area (Å²) in [5, 5.41) is 23.2. The van der Waals surface area contributed by atoms with Crippen LogP contribution < -0.4 is 17.0 Å². The fourth-order valence-electron chi connectivity index (χ4n) is 1.96. The summed E-state index contributed by atoms with van der Waals surface area (Å²) >= 11 is 0. The van der Waals surface area contributed by atoms with Crippen molar-refractivity contribution in [1.82, 2.24) is 14.8 Å². The van der Waals surface area contributed by atoms with Gasteiger partial charge in [-0.15, -0.1) is 5.92 Å². The monoisotopic (exact) mass is 284 g/mol. The molecule has 0 amide bonds. The summed E-state index contributed by atoms with van der Waals surface area (Å²) in [5.74, 6) is 4.90. The molecule has 2 heterocycles. The molecule has 1 unspecified atom stereocenters. The second kappa shape index (κ2) is 5.18. The molecule has 0 aliphatic carbocycles. The highest BCUT2D eigenvalue weighted by molar-refractivity contribution is 5.24. The number of nitrogens with one attached hydrogen (secondary N) is 1. The molecule has 0 saturated carbocycles. The van der Waals surface area contributed by atoms with E-state index in [9.17, 15) is 19.8 Å². The second-order valence-corrected chi connectivity index (χ2v) is 4.17. The van der Waals surface area contributed by atoms with Crippen LogP contribution in [-0.2, 0) is 4.74 Å². The Bertz CT molecular complexity index is 746. The Morgan fingerprint density at radius 1 is 1.75 bits per heavy atom. The molecule has 1 aromatic heterocycles. The maximum Gasteiger partial charge on any atom is 0.347 e. The maximum atomic E-state index is 11.8. The second-order valence-electron chi connectivity index (χ2n) is 4.17. The number of aromatic amines is 1. The Labute approximate surface area is 115 Å². The van der Waals surface area contributed by atoms with Crippen LogP contribution >= 0.6 is 0 Å². The van der Waals surface area contributed by atoms with Crippen LogP contribution in [-0.4, -0.2) is 49.3 Å². The summed E-state index contributed by atoms with van der Waals surface area (Å²) in [6.07, 6.45) is -4.22. The van der Waals surface area contributed by atoms with Gasteiger partial charge < -0.3 is 20.7 Å². The molecule has 9 nitrogen and oxygen atoms in total. The van der Waals surface area contributed by atoms with Gasteiger partial charge in [0, 0.05) is 0 Å². The van der Waals surface area contributed by atoms with E-state index in [0.717, 1.165) is 6.20 Å². The molecule has 1 aromatic rings. The number of ether oxygens (including phenoxy) is 1. The summed E-state index contributed by atoms with van der Waals surface area (Å²) in [6.45, 7) is -1.51. The minimum absolute atomic E-state index is 0.626. The third-order valence-corrected chi connectivity index (χ3v) is 2.89. The Morgan fingerprint density at radius 2 is 2.45 bits per heavy atom. The van der Waals surface area contributed by atoms with Crippen molar-refractivity contribution in [3.63, 3.8) is 0 Å². The van der Waals surface area contributed by atoms with Crippen LogP contribution in [0.3, 0.4) is 0 Å². The lowest BCUT2D eigenvalue weighted by molar-refractivity contribution is -0.0530. The van der Waals surface area contributed by atoms with Gasteiger partial charge >= 0.3 is 5.69 Å². The highest BCUT2D eigenvalue weighted by Gasteiger charge is 2.54. The van der Waals surface area contributed by atoms with Crippen molar-refractivity contribution in [1.29, 1.82) is 0 Å². The fourth-order valence-corrected chi connectivity index (χ4v) is 1.96. The summed E-state index contributed by atoms with van der Waals surface area (Å²) in [7, 11) is 0. The van der Waals surface area contributed by atoms with E-state index in [2.05, 4.69) is 16.9 Å². The van der Waals surface area contributed by atoms with Crippen LogP contribution in [0.4, 0.5) is 0 Å². The zero-order chi connectivity index (χ0) is 16.7. The number of H-pyrrole nitrogens is 1. The van der Waals surface area contributed by atoms with Gasteiger partial charge in [-0.05, 0) is 6.92 Å². The number of nitrogens with two attached hydrogens (primary N) is 1. The highest BCUT2D eigenvalue weighted by atomic mass is 16.5. The first kappa shape index (κ1) is 11.8. The van der Waals surface area contributed by atoms with Gasteiger partial charge in [-0.2, -0.15) is 9.78 Å². The molecule has 1 fully saturated rings. The molecule has 108 valence electrons.